The zero-order chi connectivity index (χ0) is 21.5. The van der Waals surface area contributed by atoms with Crippen molar-refractivity contribution >= 4 is 23.0 Å². The van der Waals surface area contributed by atoms with Crippen LogP contribution < -0.4 is 20.3 Å². The average molecular weight is 418 g/mol. The van der Waals surface area contributed by atoms with Crippen molar-refractivity contribution in [3.05, 3.63) is 83.9 Å². The molecule has 0 radical (unpaired) electrons. The maximum Gasteiger partial charge on any atom is 0.255 e. The van der Waals surface area contributed by atoms with Crippen LogP contribution >= 0.6 is 0 Å². The molecule has 0 bridgehead atoms. The van der Waals surface area contributed by atoms with E-state index in [1.807, 2.05) is 24.3 Å². The van der Waals surface area contributed by atoms with Crippen molar-refractivity contribution in [1.82, 2.24) is 0 Å². The number of amides is 1. The number of methoxy groups -OCH3 is 1. The summed E-state index contributed by atoms with van der Waals surface area (Å²) in [6.07, 6.45) is 0. The summed E-state index contributed by atoms with van der Waals surface area (Å²) in [5, 5.41) is 6.43. The first kappa shape index (κ1) is 20.8. The lowest BCUT2D eigenvalue weighted by Crippen LogP contribution is -2.36. The summed E-state index contributed by atoms with van der Waals surface area (Å²) in [6.45, 7) is 4.08. The van der Waals surface area contributed by atoms with Gasteiger partial charge in [-0.3, -0.25) is 4.79 Å². The third-order valence-electron chi connectivity index (χ3n) is 5.32. The Kier molecular flexibility index (Phi) is 6.69. The molecular formula is C25H27N3O3. The second kappa shape index (κ2) is 10.00. The molecule has 3 aromatic carbocycles. The van der Waals surface area contributed by atoms with Crippen molar-refractivity contribution in [2.24, 2.45) is 0 Å². The molecule has 0 aromatic heterocycles. The number of benzene rings is 3. The van der Waals surface area contributed by atoms with E-state index in [1.165, 1.54) is 11.3 Å². The lowest BCUT2D eigenvalue weighted by molar-refractivity contribution is 0.102. The van der Waals surface area contributed by atoms with Crippen LogP contribution in [0.1, 0.15) is 15.9 Å². The van der Waals surface area contributed by atoms with Crippen LogP contribution in [0, 0.1) is 0 Å². The van der Waals surface area contributed by atoms with Gasteiger partial charge < -0.3 is 25.0 Å². The molecule has 1 heterocycles. The van der Waals surface area contributed by atoms with E-state index in [2.05, 4.69) is 39.8 Å². The predicted octanol–water partition coefficient (Wildman–Crippen LogP) is 4.40. The molecule has 0 atom stereocenters. The SMILES string of the molecule is COc1ccc(C(=O)Nc2ccccc2NCc2ccc(N3CCOCC3)cc2)cc1. The highest BCUT2D eigenvalue weighted by Gasteiger charge is 2.11. The van der Waals surface area contributed by atoms with E-state index in [1.54, 1.807) is 31.4 Å². The summed E-state index contributed by atoms with van der Waals surface area (Å²) in [6, 6.07) is 23.3. The highest BCUT2D eigenvalue weighted by Crippen LogP contribution is 2.24. The van der Waals surface area contributed by atoms with Gasteiger partial charge >= 0.3 is 0 Å². The molecule has 6 heteroatoms. The van der Waals surface area contributed by atoms with Crippen LogP contribution in [0.4, 0.5) is 17.1 Å². The molecule has 6 nitrogen and oxygen atoms in total. The number of nitrogens with one attached hydrogen (secondary N) is 2. The van der Waals surface area contributed by atoms with Gasteiger partial charge in [-0.05, 0) is 54.1 Å². The number of para-hydroxylation sites is 2. The van der Waals surface area contributed by atoms with Gasteiger partial charge in [-0.2, -0.15) is 0 Å². The van der Waals surface area contributed by atoms with E-state index < -0.39 is 0 Å². The van der Waals surface area contributed by atoms with Crippen molar-refractivity contribution in [3.63, 3.8) is 0 Å². The van der Waals surface area contributed by atoms with Crippen LogP contribution in [-0.4, -0.2) is 39.3 Å². The number of nitrogens with zero attached hydrogens (tertiary/aromatic N) is 1. The van der Waals surface area contributed by atoms with Crippen LogP contribution in [0.3, 0.4) is 0 Å². The van der Waals surface area contributed by atoms with E-state index in [9.17, 15) is 4.79 Å². The van der Waals surface area contributed by atoms with Crippen molar-refractivity contribution in [1.29, 1.82) is 0 Å². The van der Waals surface area contributed by atoms with Gasteiger partial charge in [-0.15, -0.1) is 0 Å². The van der Waals surface area contributed by atoms with Crippen LogP contribution in [0.25, 0.3) is 0 Å². The predicted molar refractivity (Wildman–Crippen MR) is 124 cm³/mol. The van der Waals surface area contributed by atoms with Crippen molar-refractivity contribution in [3.8, 4) is 5.75 Å². The Morgan fingerprint density at radius 2 is 1.61 bits per heavy atom. The Bertz CT molecular complexity index is 997. The van der Waals surface area contributed by atoms with Gasteiger partial charge in [0.25, 0.3) is 5.91 Å². The fourth-order valence-corrected chi connectivity index (χ4v) is 3.53. The number of hydrogen-bond donors (Lipinski definition) is 2. The van der Waals surface area contributed by atoms with E-state index in [4.69, 9.17) is 9.47 Å². The quantitative estimate of drug-likeness (QED) is 0.597. The minimum Gasteiger partial charge on any atom is -0.497 e. The molecular weight excluding hydrogens is 390 g/mol. The third-order valence-corrected chi connectivity index (χ3v) is 5.32. The number of carbonyl (C=O) groups is 1. The van der Waals surface area contributed by atoms with Gasteiger partial charge in [-0.25, -0.2) is 0 Å². The maximum absolute atomic E-state index is 12.6. The number of ether oxygens (including phenoxy) is 2. The number of carbonyl (C=O) groups excluding carboxylic acids is 1. The van der Waals surface area contributed by atoms with Crippen molar-refractivity contribution in [2.75, 3.05) is 48.9 Å². The Morgan fingerprint density at radius 3 is 2.29 bits per heavy atom. The maximum atomic E-state index is 12.6. The first-order valence-electron chi connectivity index (χ1n) is 10.4. The average Bonchev–Trinajstić information content (AvgIpc) is 2.84. The molecule has 1 saturated heterocycles. The first-order chi connectivity index (χ1) is 15.2. The Labute approximate surface area is 182 Å². The smallest absolute Gasteiger partial charge is 0.255 e. The zero-order valence-electron chi connectivity index (χ0n) is 17.6. The highest BCUT2D eigenvalue weighted by molar-refractivity contribution is 6.05. The molecule has 0 saturated carbocycles. The number of anilines is 3. The molecule has 1 fully saturated rings. The fraction of sp³-hybridized carbons (Fsp3) is 0.240. The summed E-state index contributed by atoms with van der Waals surface area (Å²) in [7, 11) is 1.60. The van der Waals surface area contributed by atoms with Crippen LogP contribution in [0.15, 0.2) is 72.8 Å². The van der Waals surface area contributed by atoms with Crippen molar-refractivity contribution < 1.29 is 14.3 Å². The largest absolute Gasteiger partial charge is 0.497 e. The second-order valence-corrected chi connectivity index (χ2v) is 7.35. The molecule has 0 aliphatic carbocycles. The van der Waals surface area contributed by atoms with Gasteiger partial charge in [0.15, 0.2) is 0 Å². The highest BCUT2D eigenvalue weighted by atomic mass is 16.5. The first-order valence-corrected chi connectivity index (χ1v) is 10.4. The molecule has 3 aromatic rings. The fourth-order valence-electron chi connectivity index (χ4n) is 3.53. The Morgan fingerprint density at radius 1 is 0.935 bits per heavy atom. The summed E-state index contributed by atoms with van der Waals surface area (Å²) in [4.78, 5) is 15.0. The lowest BCUT2D eigenvalue weighted by Gasteiger charge is -2.29. The summed E-state index contributed by atoms with van der Waals surface area (Å²) in [5.74, 6) is 0.560. The molecule has 0 spiro atoms. The second-order valence-electron chi connectivity index (χ2n) is 7.35. The van der Waals surface area contributed by atoms with Crippen LogP contribution in [0.5, 0.6) is 5.75 Å². The molecule has 1 aliphatic heterocycles. The van der Waals surface area contributed by atoms with Gasteiger partial charge in [-0.1, -0.05) is 24.3 Å². The number of morpholine rings is 1. The molecule has 4 rings (SSSR count). The lowest BCUT2D eigenvalue weighted by atomic mass is 10.1. The molecule has 1 amide bonds. The van der Waals surface area contributed by atoms with Gasteiger partial charge in [0.2, 0.25) is 0 Å². The monoisotopic (exact) mass is 417 g/mol. The van der Waals surface area contributed by atoms with Gasteiger partial charge in [0.05, 0.1) is 31.7 Å². The number of hydrogen-bond acceptors (Lipinski definition) is 5. The van der Waals surface area contributed by atoms with E-state index in [0.29, 0.717) is 12.1 Å². The molecule has 0 unspecified atom stereocenters. The van der Waals surface area contributed by atoms with Gasteiger partial charge in [0, 0.05) is 30.9 Å². The Hall–Kier alpha value is -3.51. The standard InChI is InChI=1S/C25H27N3O3/c1-30-22-12-8-20(9-13-22)25(29)27-24-5-3-2-4-23(24)26-18-19-6-10-21(11-7-19)28-14-16-31-17-15-28/h2-13,26H,14-18H2,1H3,(H,27,29). The summed E-state index contributed by atoms with van der Waals surface area (Å²) >= 11 is 0. The van der Waals surface area contributed by atoms with Crippen LogP contribution in [0.2, 0.25) is 0 Å². The molecule has 2 N–H and O–H groups in total. The zero-order valence-corrected chi connectivity index (χ0v) is 17.6. The molecule has 31 heavy (non-hydrogen) atoms. The topological polar surface area (TPSA) is 62.8 Å². The Balaban J connectivity index is 1.38. The van der Waals surface area contributed by atoms with Gasteiger partial charge in [0.1, 0.15) is 5.75 Å². The molecule has 160 valence electrons. The van der Waals surface area contributed by atoms with Crippen molar-refractivity contribution in [2.45, 2.75) is 6.54 Å². The van der Waals surface area contributed by atoms with E-state index in [0.717, 1.165) is 43.4 Å². The number of rotatable bonds is 7. The van der Waals surface area contributed by atoms with E-state index in [-0.39, 0.29) is 5.91 Å². The normalized spacial score (nSPS) is 13.5. The minimum absolute atomic E-state index is 0.160. The molecule has 1 aliphatic rings. The van der Waals surface area contributed by atoms with Crippen LogP contribution in [-0.2, 0) is 11.3 Å². The summed E-state index contributed by atoms with van der Waals surface area (Å²) < 4.78 is 10.6. The summed E-state index contributed by atoms with van der Waals surface area (Å²) in [5.41, 5.74) is 4.59. The van der Waals surface area contributed by atoms with E-state index >= 15 is 0 Å². The third kappa shape index (κ3) is 5.35. The minimum atomic E-state index is -0.160.